The van der Waals surface area contributed by atoms with Gasteiger partial charge >= 0.3 is 5.97 Å². The van der Waals surface area contributed by atoms with Crippen molar-refractivity contribution in [2.24, 2.45) is 0 Å². The Bertz CT molecular complexity index is 1400. The van der Waals surface area contributed by atoms with Crippen LogP contribution in [0.25, 0.3) is 0 Å². The summed E-state index contributed by atoms with van der Waals surface area (Å²) in [4.78, 5) is 24.7. The summed E-state index contributed by atoms with van der Waals surface area (Å²) in [6.45, 7) is 4.96. The van der Waals surface area contributed by atoms with Gasteiger partial charge in [-0.25, -0.2) is 0 Å². The van der Waals surface area contributed by atoms with E-state index in [-0.39, 0.29) is 18.5 Å². The first kappa shape index (κ1) is 87.3. The number of aliphatic hydroxyl groups is 2. The molecule has 0 aliphatic heterocycles. The lowest BCUT2D eigenvalue weighted by molar-refractivity contribution is -0.143. The molecule has 528 valence electrons. The van der Waals surface area contributed by atoms with E-state index < -0.39 is 12.1 Å². The van der Waals surface area contributed by atoms with Crippen molar-refractivity contribution >= 4 is 11.9 Å². The summed E-state index contributed by atoms with van der Waals surface area (Å²) in [6.07, 6.45) is 102. The van der Waals surface area contributed by atoms with Crippen LogP contribution in [-0.4, -0.2) is 47.4 Å². The van der Waals surface area contributed by atoms with Crippen LogP contribution in [0.15, 0.2) is 24.3 Å². The number of amides is 1. The molecule has 0 radical (unpaired) electrons. The molecule has 0 saturated heterocycles. The molecule has 0 rings (SSSR count). The average Bonchev–Trinajstić information content (AvgIpc) is 3.60. The third kappa shape index (κ3) is 75.3. The lowest BCUT2D eigenvalue weighted by Crippen LogP contribution is -2.45. The number of carbonyl (C=O) groups is 2. The van der Waals surface area contributed by atoms with E-state index in [1.165, 1.54) is 398 Å². The number of unbranched alkanes of at least 4 members (excludes halogenated alkanes) is 65. The zero-order valence-corrected chi connectivity index (χ0v) is 60.7. The Morgan fingerprint density at radius 2 is 0.528 bits per heavy atom. The van der Waals surface area contributed by atoms with Gasteiger partial charge in [0, 0.05) is 12.8 Å². The van der Waals surface area contributed by atoms with Crippen LogP contribution < -0.4 is 5.32 Å². The standard InChI is InChI=1S/C83H161NO5/c1-3-5-7-9-11-13-15-17-19-21-23-24-34-37-40-43-47-51-55-59-63-67-71-75-81(86)80(79-85)84-82(87)76-72-68-64-60-56-52-48-44-41-38-35-32-30-28-26-25-27-29-31-33-36-39-42-46-50-54-58-62-66-70-74-78-89-83(88)77-73-69-65-61-57-53-49-45-22-20-18-16-14-12-10-8-6-4-2/h20,22,71,75,80-81,85-86H,3-19,21,23-70,72-74,76-79H2,1-2H3,(H,84,87)/b22-20-,75-71+. The van der Waals surface area contributed by atoms with Crippen molar-refractivity contribution < 1.29 is 24.5 Å². The van der Waals surface area contributed by atoms with E-state index in [0.29, 0.717) is 19.4 Å². The zero-order valence-electron chi connectivity index (χ0n) is 60.7. The van der Waals surface area contributed by atoms with Crippen molar-refractivity contribution in [3.8, 4) is 0 Å². The number of rotatable bonds is 78. The molecular weight excluding hydrogens is 1090 g/mol. The van der Waals surface area contributed by atoms with Crippen molar-refractivity contribution in [1.82, 2.24) is 5.32 Å². The van der Waals surface area contributed by atoms with Crippen LogP contribution in [0.1, 0.15) is 470 Å². The molecule has 3 N–H and O–H groups in total. The molecule has 2 atom stereocenters. The number of nitrogens with one attached hydrogen (secondary N) is 1. The molecule has 0 bridgehead atoms. The maximum atomic E-state index is 12.6. The van der Waals surface area contributed by atoms with E-state index in [1.807, 2.05) is 6.08 Å². The van der Waals surface area contributed by atoms with Crippen LogP contribution in [0.2, 0.25) is 0 Å². The number of allylic oxidation sites excluding steroid dienone is 3. The fourth-order valence-electron chi connectivity index (χ4n) is 13.2. The normalized spacial score (nSPS) is 12.5. The molecule has 6 heteroatoms. The van der Waals surface area contributed by atoms with Gasteiger partial charge in [0.25, 0.3) is 0 Å². The number of ether oxygens (including phenoxy) is 1. The van der Waals surface area contributed by atoms with Crippen molar-refractivity contribution in [3.05, 3.63) is 24.3 Å². The molecule has 0 saturated carbocycles. The molecule has 0 spiro atoms. The van der Waals surface area contributed by atoms with Gasteiger partial charge in [0.15, 0.2) is 0 Å². The molecule has 0 aromatic rings. The molecular formula is C83H161NO5. The van der Waals surface area contributed by atoms with Crippen LogP contribution in [0, 0.1) is 0 Å². The summed E-state index contributed by atoms with van der Waals surface area (Å²) >= 11 is 0. The summed E-state index contributed by atoms with van der Waals surface area (Å²) in [5.74, 6) is -0.0397. The van der Waals surface area contributed by atoms with Gasteiger partial charge in [-0.05, 0) is 57.8 Å². The van der Waals surface area contributed by atoms with Gasteiger partial charge in [0.05, 0.1) is 25.4 Å². The number of aliphatic hydroxyl groups excluding tert-OH is 2. The van der Waals surface area contributed by atoms with Crippen molar-refractivity contribution in [2.45, 2.75) is 482 Å². The van der Waals surface area contributed by atoms with Gasteiger partial charge in [-0.3, -0.25) is 9.59 Å². The Kier molecular flexibility index (Phi) is 77.3. The lowest BCUT2D eigenvalue weighted by Gasteiger charge is -2.20. The molecule has 0 aliphatic carbocycles. The van der Waals surface area contributed by atoms with Gasteiger partial charge in [-0.2, -0.15) is 0 Å². The first-order chi connectivity index (χ1) is 44.0. The molecule has 2 unspecified atom stereocenters. The van der Waals surface area contributed by atoms with Crippen LogP contribution in [0.5, 0.6) is 0 Å². The average molecular weight is 1250 g/mol. The second-order valence-electron chi connectivity index (χ2n) is 28.5. The van der Waals surface area contributed by atoms with E-state index in [2.05, 4.69) is 31.3 Å². The van der Waals surface area contributed by atoms with E-state index in [0.717, 1.165) is 44.9 Å². The number of carbonyl (C=O) groups excluding carboxylic acids is 2. The fraction of sp³-hybridized carbons (Fsp3) is 0.928. The predicted octanol–water partition coefficient (Wildman–Crippen LogP) is 27.2. The highest BCUT2D eigenvalue weighted by molar-refractivity contribution is 5.76. The van der Waals surface area contributed by atoms with Crippen LogP contribution in [0.3, 0.4) is 0 Å². The smallest absolute Gasteiger partial charge is 0.305 e. The third-order valence-corrected chi connectivity index (χ3v) is 19.5. The van der Waals surface area contributed by atoms with E-state index in [9.17, 15) is 19.8 Å². The molecule has 89 heavy (non-hydrogen) atoms. The minimum Gasteiger partial charge on any atom is -0.466 e. The van der Waals surface area contributed by atoms with Crippen molar-refractivity contribution in [2.75, 3.05) is 13.2 Å². The summed E-state index contributed by atoms with van der Waals surface area (Å²) in [5, 5.41) is 23.3. The molecule has 0 fully saturated rings. The minimum atomic E-state index is -0.843. The third-order valence-electron chi connectivity index (χ3n) is 19.5. The quantitative estimate of drug-likeness (QED) is 0.0320. The Labute approximate surface area is 558 Å². The van der Waals surface area contributed by atoms with E-state index in [4.69, 9.17) is 4.74 Å². The molecule has 0 aromatic heterocycles. The molecule has 0 aromatic carbocycles. The molecule has 0 aliphatic rings. The molecule has 6 nitrogen and oxygen atoms in total. The molecule has 1 amide bonds. The summed E-state index contributed by atoms with van der Waals surface area (Å²) in [6, 6.07) is -0.626. The summed E-state index contributed by atoms with van der Waals surface area (Å²) < 4.78 is 5.52. The van der Waals surface area contributed by atoms with Crippen LogP contribution in [-0.2, 0) is 14.3 Å². The first-order valence-electron chi connectivity index (χ1n) is 41.1. The fourth-order valence-corrected chi connectivity index (χ4v) is 13.2. The summed E-state index contributed by atoms with van der Waals surface area (Å²) in [7, 11) is 0. The Morgan fingerprint density at radius 1 is 0.303 bits per heavy atom. The zero-order chi connectivity index (χ0) is 64.2. The van der Waals surface area contributed by atoms with Crippen LogP contribution >= 0.6 is 0 Å². The van der Waals surface area contributed by atoms with Gasteiger partial charge in [-0.15, -0.1) is 0 Å². The number of hydrogen-bond acceptors (Lipinski definition) is 5. The van der Waals surface area contributed by atoms with Crippen LogP contribution in [0.4, 0.5) is 0 Å². The molecule has 0 heterocycles. The maximum absolute atomic E-state index is 12.6. The largest absolute Gasteiger partial charge is 0.466 e. The SMILES string of the molecule is CCCCCCCCC/C=C\CCCCCCCCCC(=O)OCCCCCCCCCCCCCCCCCCCCCCCCCCCCCCCCCC(=O)NC(CO)C(O)/C=C/CCCCCCCCCCCCCCCCCCCCCCC. The second-order valence-corrected chi connectivity index (χ2v) is 28.5. The minimum absolute atomic E-state index is 0.0187. The lowest BCUT2D eigenvalue weighted by atomic mass is 10.0. The van der Waals surface area contributed by atoms with Crippen molar-refractivity contribution in [3.63, 3.8) is 0 Å². The second kappa shape index (κ2) is 78.8. The first-order valence-corrected chi connectivity index (χ1v) is 41.1. The van der Waals surface area contributed by atoms with Gasteiger partial charge < -0.3 is 20.3 Å². The number of hydrogen-bond donors (Lipinski definition) is 3. The highest BCUT2D eigenvalue weighted by Crippen LogP contribution is 2.20. The Hall–Kier alpha value is -1.66. The topological polar surface area (TPSA) is 95.9 Å². The monoisotopic (exact) mass is 1250 g/mol. The highest BCUT2D eigenvalue weighted by Gasteiger charge is 2.18. The highest BCUT2D eigenvalue weighted by atomic mass is 16.5. The van der Waals surface area contributed by atoms with E-state index in [1.54, 1.807) is 6.08 Å². The summed E-state index contributed by atoms with van der Waals surface area (Å²) in [5.41, 5.74) is 0. The number of esters is 1. The predicted molar refractivity (Wildman–Crippen MR) is 393 cm³/mol. The van der Waals surface area contributed by atoms with E-state index >= 15 is 0 Å². The maximum Gasteiger partial charge on any atom is 0.305 e. The van der Waals surface area contributed by atoms with Gasteiger partial charge in [0.2, 0.25) is 5.91 Å². The van der Waals surface area contributed by atoms with Gasteiger partial charge in [-0.1, -0.05) is 423 Å². The Morgan fingerprint density at radius 3 is 0.798 bits per heavy atom. The van der Waals surface area contributed by atoms with Gasteiger partial charge in [0.1, 0.15) is 0 Å². The Balaban J connectivity index is 3.35. The van der Waals surface area contributed by atoms with Crippen molar-refractivity contribution in [1.29, 1.82) is 0 Å².